The van der Waals surface area contributed by atoms with Crippen LogP contribution in [0.4, 0.5) is 5.69 Å². The molecule has 136 valence electrons. The number of phenolic OH excluding ortho intramolecular Hbond substituents is 1. The van der Waals surface area contributed by atoms with Crippen molar-refractivity contribution in [2.75, 3.05) is 18.0 Å². The van der Waals surface area contributed by atoms with Gasteiger partial charge in [0.1, 0.15) is 11.4 Å². The topological polar surface area (TPSA) is 69.9 Å². The molecule has 0 spiro atoms. The van der Waals surface area contributed by atoms with Crippen molar-refractivity contribution in [3.63, 3.8) is 0 Å². The van der Waals surface area contributed by atoms with Gasteiger partial charge in [0.2, 0.25) is 0 Å². The van der Waals surface area contributed by atoms with Crippen LogP contribution in [-0.2, 0) is 6.54 Å². The van der Waals surface area contributed by atoms with E-state index in [2.05, 4.69) is 29.0 Å². The molecule has 0 aliphatic rings. The van der Waals surface area contributed by atoms with Gasteiger partial charge in [-0.05, 0) is 44.5 Å². The highest BCUT2D eigenvalue weighted by Gasteiger charge is 2.14. The molecule has 2 N–H and O–H groups in total. The normalized spacial score (nSPS) is 10.9. The molecule has 0 fully saturated rings. The number of aromatic hydroxyl groups is 1. The number of nitrogens with one attached hydrogen (secondary N) is 1. The number of phenols is 1. The SMILES string of the molecule is CCN(CC)c1ccc(C(=O)NCc2cn3cc(C)ccc3n2)c(O)c1. The smallest absolute Gasteiger partial charge is 0.255 e. The number of pyridine rings is 1. The largest absolute Gasteiger partial charge is 0.507 e. The molecule has 0 aliphatic heterocycles. The molecular weight excluding hydrogens is 328 g/mol. The molecule has 1 amide bonds. The third kappa shape index (κ3) is 3.64. The zero-order valence-corrected chi connectivity index (χ0v) is 15.4. The summed E-state index contributed by atoms with van der Waals surface area (Å²) in [5.41, 5.74) is 3.92. The molecule has 0 aliphatic carbocycles. The average molecular weight is 352 g/mol. The van der Waals surface area contributed by atoms with E-state index in [1.54, 1.807) is 12.1 Å². The summed E-state index contributed by atoms with van der Waals surface area (Å²) in [5.74, 6) is -0.334. The van der Waals surface area contributed by atoms with Crippen LogP contribution in [0.25, 0.3) is 5.65 Å². The highest BCUT2D eigenvalue weighted by atomic mass is 16.3. The van der Waals surface area contributed by atoms with Crippen molar-refractivity contribution in [3.05, 3.63) is 59.5 Å². The number of aryl methyl sites for hydroxylation is 1. The number of hydrogen-bond acceptors (Lipinski definition) is 4. The predicted molar refractivity (Wildman–Crippen MR) is 103 cm³/mol. The summed E-state index contributed by atoms with van der Waals surface area (Å²) in [6, 6.07) is 9.09. The van der Waals surface area contributed by atoms with Gasteiger partial charge in [0.25, 0.3) is 5.91 Å². The number of carbonyl (C=O) groups is 1. The van der Waals surface area contributed by atoms with Gasteiger partial charge in [0.15, 0.2) is 0 Å². The first-order valence-electron chi connectivity index (χ1n) is 8.82. The summed E-state index contributed by atoms with van der Waals surface area (Å²) in [6.45, 7) is 8.11. The van der Waals surface area contributed by atoms with Crippen molar-refractivity contribution in [1.82, 2.24) is 14.7 Å². The minimum atomic E-state index is -0.318. The Balaban J connectivity index is 1.71. The van der Waals surface area contributed by atoms with Crippen LogP contribution >= 0.6 is 0 Å². The Morgan fingerprint density at radius 2 is 1.96 bits per heavy atom. The van der Waals surface area contributed by atoms with E-state index < -0.39 is 0 Å². The second-order valence-corrected chi connectivity index (χ2v) is 6.26. The number of amides is 1. The molecule has 26 heavy (non-hydrogen) atoms. The Hall–Kier alpha value is -3.02. The number of anilines is 1. The van der Waals surface area contributed by atoms with Crippen LogP contribution in [0.2, 0.25) is 0 Å². The molecule has 0 bridgehead atoms. The third-order valence-electron chi connectivity index (χ3n) is 4.43. The number of hydrogen-bond donors (Lipinski definition) is 2. The zero-order chi connectivity index (χ0) is 18.7. The molecule has 3 rings (SSSR count). The number of imidazole rings is 1. The highest BCUT2D eigenvalue weighted by Crippen LogP contribution is 2.24. The monoisotopic (exact) mass is 352 g/mol. The molecule has 1 aromatic carbocycles. The highest BCUT2D eigenvalue weighted by molar-refractivity contribution is 5.97. The van der Waals surface area contributed by atoms with Crippen molar-refractivity contribution in [2.45, 2.75) is 27.3 Å². The van der Waals surface area contributed by atoms with Crippen molar-refractivity contribution >= 4 is 17.2 Å². The summed E-state index contributed by atoms with van der Waals surface area (Å²) >= 11 is 0. The maximum absolute atomic E-state index is 12.4. The van der Waals surface area contributed by atoms with Gasteiger partial charge in [0.05, 0.1) is 17.8 Å². The van der Waals surface area contributed by atoms with Gasteiger partial charge in [-0.25, -0.2) is 4.98 Å². The summed E-state index contributed by atoms with van der Waals surface area (Å²) in [4.78, 5) is 19.0. The van der Waals surface area contributed by atoms with Gasteiger partial charge in [-0.15, -0.1) is 0 Å². The van der Waals surface area contributed by atoms with E-state index in [1.807, 2.05) is 41.9 Å². The fourth-order valence-corrected chi connectivity index (χ4v) is 3.00. The lowest BCUT2D eigenvalue weighted by atomic mass is 10.1. The lowest BCUT2D eigenvalue weighted by Gasteiger charge is -2.21. The quantitative estimate of drug-likeness (QED) is 0.715. The van der Waals surface area contributed by atoms with Crippen LogP contribution in [0.5, 0.6) is 5.75 Å². The standard InChI is InChI=1S/C20H24N4O2/c1-4-23(5-2)16-7-8-17(18(25)10-16)20(26)21-11-15-13-24-12-14(3)6-9-19(24)22-15/h6-10,12-13,25H,4-5,11H2,1-3H3,(H,21,26). The van der Waals surface area contributed by atoms with Gasteiger partial charge in [-0.1, -0.05) is 6.07 Å². The van der Waals surface area contributed by atoms with Crippen LogP contribution in [0, 0.1) is 6.92 Å². The first-order chi connectivity index (χ1) is 12.5. The molecule has 6 nitrogen and oxygen atoms in total. The number of benzene rings is 1. The van der Waals surface area contributed by atoms with E-state index >= 15 is 0 Å². The van der Waals surface area contributed by atoms with E-state index in [9.17, 15) is 9.90 Å². The molecule has 0 atom stereocenters. The Morgan fingerprint density at radius 1 is 1.19 bits per heavy atom. The van der Waals surface area contributed by atoms with E-state index in [-0.39, 0.29) is 17.2 Å². The van der Waals surface area contributed by atoms with Crippen molar-refractivity contribution in [2.24, 2.45) is 0 Å². The first kappa shape index (κ1) is 17.8. The Kier molecular flexibility index (Phi) is 5.11. The van der Waals surface area contributed by atoms with Crippen LogP contribution in [0.1, 0.15) is 35.5 Å². The number of rotatable bonds is 6. The number of aromatic nitrogens is 2. The summed E-state index contributed by atoms with van der Waals surface area (Å²) in [7, 11) is 0. The summed E-state index contributed by atoms with van der Waals surface area (Å²) < 4.78 is 1.94. The van der Waals surface area contributed by atoms with E-state index in [4.69, 9.17) is 0 Å². The van der Waals surface area contributed by atoms with Gasteiger partial charge < -0.3 is 19.7 Å². The maximum atomic E-state index is 12.4. The molecule has 2 heterocycles. The van der Waals surface area contributed by atoms with Gasteiger partial charge in [0, 0.05) is 37.2 Å². The molecule has 2 aromatic heterocycles. The van der Waals surface area contributed by atoms with Crippen LogP contribution in [0.15, 0.2) is 42.7 Å². The zero-order valence-electron chi connectivity index (χ0n) is 15.4. The molecule has 0 radical (unpaired) electrons. The lowest BCUT2D eigenvalue weighted by Crippen LogP contribution is -2.24. The van der Waals surface area contributed by atoms with Gasteiger partial charge >= 0.3 is 0 Å². The molecule has 3 aromatic rings. The Morgan fingerprint density at radius 3 is 2.65 bits per heavy atom. The van der Waals surface area contributed by atoms with E-state index in [0.717, 1.165) is 35.7 Å². The van der Waals surface area contributed by atoms with E-state index in [0.29, 0.717) is 6.54 Å². The number of nitrogens with zero attached hydrogens (tertiary/aromatic N) is 3. The molecule has 0 unspecified atom stereocenters. The Labute approximate surface area is 153 Å². The third-order valence-corrected chi connectivity index (χ3v) is 4.43. The fraction of sp³-hybridized carbons (Fsp3) is 0.300. The molecular formula is C20H24N4O2. The first-order valence-corrected chi connectivity index (χ1v) is 8.82. The lowest BCUT2D eigenvalue weighted by molar-refractivity contribution is 0.0948. The summed E-state index contributed by atoms with van der Waals surface area (Å²) in [6.07, 6.45) is 3.89. The van der Waals surface area contributed by atoms with Crippen LogP contribution < -0.4 is 10.2 Å². The minimum absolute atomic E-state index is 0.0162. The van der Waals surface area contributed by atoms with Crippen LogP contribution in [-0.4, -0.2) is 33.5 Å². The van der Waals surface area contributed by atoms with Crippen molar-refractivity contribution in [1.29, 1.82) is 0 Å². The van der Waals surface area contributed by atoms with Gasteiger partial charge in [-0.3, -0.25) is 4.79 Å². The second kappa shape index (κ2) is 7.47. The number of fused-ring (bicyclic) bond motifs is 1. The fourth-order valence-electron chi connectivity index (χ4n) is 3.00. The molecule has 0 saturated heterocycles. The van der Waals surface area contributed by atoms with Crippen molar-refractivity contribution in [3.8, 4) is 5.75 Å². The molecule has 0 saturated carbocycles. The Bertz CT molecular complexity index is 929. The van der Waals surface area contributed by atoms with Gasteiger partial charge in [-0.2, -0.15) is 0 Å². The number of carbonyl (C=O) groups excluding carboxylic acids is 1. The predicted octanol–water partition coefficient (Wildman–Crippen LogP) is 3.12. The van der Waals surface area contributed by atoms with Crippen LogP contribution in [0.3, 0.4) is 0 Å². The summed E-state index contributed by atoms with van der Waals surface area (Å²) in [5, 5.41) is 13.1. The maximum Gasteiger partial charge on any atom is 0.255 e. The molecule has 6 heteroatoms. The second-order valence-electron chi connectivity index (χ2n) is 6.26. The van der Waals surface area contributed by atoms with Crippen molar-refractivity contribution < 1.29 is 9.90 Å². The average Bonchev–Trinajstić information content (AvgIpc) is 3.03. The minimum Gasteiger partial charge on any atom is -0.507 e. The van der Waals surface area contributed by atoms with E-state index in [1.165, 1.54) is 0 Å².